The lowest BCUT2D eigenvalue weighted by molar-refractivity contribution is 0.414. The fourth-order valence-corrected chi connectivity index (χ4v) is 1.74. The molecule has 0 amide bonds. The zero-order valence-electron chi connectivity index (χ0n) is 10.4. The average molecular weight is 311 g/mol. The minimum Gasteiger partial charge on any atom is -0.497 e. The van der Waals surface area contributed by atoms with Gasteiger partial charge in [0.1, 0.15) is 5.75 Å². The molecule has 1 heterocycles. The van der Waals surface area contributed by atoms with Gasteiger partial charge >= 0.3 is 0 Å². The second-order valence-corrected chi connectivity index (χ2v) is 5.04. The molecule has 5 heteroatoms. The maximum Gasteiger partial charge on any atom is 0.230 e. The molecule has 4 nitrogen and oxygen atoms in total. The summed E-state index contributed by atoms with van der Waals surface area (Å²) in [6.45, 7) is 2.06. The van der Waals surface area contributed by atoms with E-state index in [1.54, 1.807) is 7.11 Å². The van der Waals surface area contributed by atoms with E-state index < -0.39 is 0 Å². The van der Waals surface area contributed by atoms with Crippen LogP contribution in [0.5, 0.6) is 5.75 Å². The quantitative estimate of drug-likeness (QED) is 0.793. The van der Waals surface area contributed by atoms with Crippen molar-refractivity contribution in [3.05, 3.63) is 41.6 Å². The fraction of sp³-hybridized carbons (Fsp3) is 0.385. The van der Waals surface area contributed by atoms with Crippen LogP contribution < -0.4 is 4.74 Å². The molecule has 1 unspecified atom stereocenters. The van der Waals surface area contributed by atoms with Crippen LogP contribution in [0.25, 0.3) is 0 Å². The van der Waals surface area contributed by atoms with E-state index >= 15 is 0 Å². The van der Waals surface area contributed by atoms with Crippen molar-refractivity contribution in [1.29, 1.82) is 0 Å². The Morgan fingerprint density at radius 2 is 2.00 bits per heavy atom. The van der Waals surface area contributed by atoms with Gasteiger partial charge in [0.05, 0.1) is 18.4 Å². The summed E-state index contributed by atoms with van der Waals surface area (Å²) >= 11 is 3.49. The van der Waals surface area contributed by atoms with Gasteiger partial charge in [-0.2, -0.15) is 0 Å². The summed E-state index contributed by atoms with van der Waals surface area (Å²) in [5.41, 5.74) is 1.12. The smallest absolute Gasteiger partial charge is 0.230 e. The molecule has 2 aromatic rings. The highest BCUT2D eigenvalue weighted by molar-refractivity contribution is 9.09. The first-order valence-corrected chi connectivity index (χ1v) is 6.73. The first-order valence-electron chi connectivity index (χ1n) is 5.82. The number of methoxy groups -OCH3 is 1. The summed E-state index contributed by atoms with van der Waals surface area (Å²) in [5, 5.41) is 8.07. The van der Waals surface area contributed by atoms with Gasteiger partial charge in [-0.05, 0) is 24.1 Å². The van der Waals surface area contributed by atoms with Gasteiger partial charge < -0.3 is 9.15 Å². The SMILES string of the molecule is CCC(Br)c1nnc(Cc2ccc(OC)cc2)o1. The number of hydrogen-bond acceptors (Lipinski definition) is 4. The van der Waals surface area contributed by atoms with E-state index in [4.69, 9.17) is 9.15 Å². The molecule has 0 saturated carbocycles. The first kappa shape index (κ1) is 13.1. The highest BCUT2D eigenvalue weighted by Gasteiger charge is 2.13. The van der Waals surface area contributed by atoms with Crippen LogP contribution in [-0.2, 0) is 6.42 Å². The summed E-state index contributed by atoms with van der Waals surface area (Å²) in [6.07, 6.45) is 1.56. The summed E-state index contributed by atoms with van der Waals surface area (Å²) in [5.74, 6) is 2.12. The number of halogens is 1. The van der Waals surface area contributed by atoms with Gasteiger partial charge in [-0.25, -0.2) is 0 Å². The van der Waals surface area contributed by atoms with Crippen molar-refractivity contribution in [2.75, 3.05) is 7.11 Å². The summed E-state index contributed by atoms with van der Waals surface area (Å²) in [7, 11) is 1.65. The molecule has 0 saturated heterocycles. The number of benzene rings is 1. The normalized spacial score (nSPS) is 12.4. The molecule has 0 spiro atoms. The standard InChI is InChI=1S/C13H15BrN2O2/c1-3-11(14)13-16-15-12(18-13)8-9-4-6-10(17-2)7-5-9/h4-7,11H,3,8H2,1-2H3. The molecule has 1 aromatic carbocycles. The van der Waals surface area contributed by atoms with Crippen LogP contribution in [-0.4, -0.2) is 17.3 Å². The number of ether oxygens (including phenoxy) is 1. The summed E-state index contributed by atoms with van der Waals surface area (Å²) in [4.78, 5) is 0.134. The van der Waals surface area contributed by atoms with Crippen molar-refractivity contribution in [2.24, 2.45) is 0 Å². The summed E-state index contributed by atoms with van der Waals surface area (Å²) < 4.78 is 10.7. The number of hydrogen-bond donors (Lipinski definition) is 0. The van der Waals surface area contributed by atoms with Crippen LogP contribution in [0, 0.1) is 0 Å². The van der Waals surface area contributed by atoms with Crippen LogP contribution in [0.2, 0.25) is 0 Å². The van der Waals surface area contributed by atoms with Crippen molar-refractivity contribution < 1.29 is 9.15 Å². The molecule has 1 aromatic heterocycles. The third kappa shape index (κ3) is 3.10. The minimum absolute atomic E-state index is 0.134. The molecule has 0 fully saturated rings. The monoisotopic (exact) mass is 310 g/mol. The Balaban J connectivity index is 2.06. The van der Waals surface area contributed by atoms with Gasteiger partial charge in [0.25, 0.3) is 0 Å². The van der Waals surface area contributed by atoms with Crippen molar-refractivity contribution in [3.63, 3.8) is 0 Å². The van der Waals surface area contributed by atoms with E-state index in [2.05, 4.69) is 33.1 Å². The van der Waals surface area contributed by atoms with Gasteiger partial charge in [0, 0.05) is 0 Å². The van der Waals surface area contributed by atoms with E-state index in [1.807, 2.05) is 24.3 Å². The van der Waals surface area contributed by atoms with E-state index in [0.717, 1.165) is 17.7 Å². The lowest BCUT2D eigenvalue weighted by Crippen LogP contribution is -1.89. The second kappa shape index (κ2) is 6.00. The number of alkyl halides is 1. The molecule has 0 N–H and O–H groups in total. The Morgan fingerprint density at radius 1 is 1.28 bits per heavy atom. The minimum atomic E-state index is 0.134. The van der Waals surface area contributed by atoms with E-state index in [0.29, 0.717) is 18.2 Å². The van der Waals surface area contributed by atoms with E-state index in [-0.39, 0.29) is 4.83 Å². The molecule has 0 aliphatic rings. The molecule has 18 heavy (non-hydrogen) atoms. The van der Waals surface area contributed by atoms with Gasteiger partial charge in [-0.15, -0.1) is 10.2 Å². The molecule has 0 radical (unpaired) electrons. The Morgan fingerprint density at radius 3 is 2.61 bits per heavy atom. The van der Waals surface area contributed by atoms with Crippen LogP contribution >= 0.6 is 15.9 Å². The molecule has 0 aliphatic carbocycles. The zero-order valence-corrected chi connectivity index (χ0v) is 12.0. The van der Waals surface area contributed by atoms with Crippen LogP contribution in [0.15, 0.2) is 28.7 Å². The Labute approximate surface area is 114 Å². The number of rotatable bonds is 5. The molecule has 96 valence electrons. The molecule has 1 atom stereocenters. The van der Waals surface area contributed by atoms with Crippen molar-refractivity contribution in [1.82, 2.24) is 10.2 Å². The van der Waals surface area contributed by atoms with Gasteiger partial charge in [-0.1, -0.05) is 35.0 Å². The van der Waals surface area contributed by atoms with Crippen molar-refractivity contribution in [3.8, 4) is 5.75 Å². The largest absolute Gasteiger partial charge is 0.497 e. The Hall–Kier alpha value is -1.36. The zero-order chi connectivity index (χ0) is 13.0. The topological polar surface area (TPSA) is 48.2 Å². The van der Waals surface area contributed by atoms with Crippen LogP contribution in [0.4, 0.5) is 0 Å². The molecular formula is C13H15BrN2O2. The van der Waals surface area contributed by atoms with Crippen molar-refractivity contribution >= 4 is 15.9 Å². The summed E-state index contributed by atoms with van der Waals surface area (Å²) in [6, 6.07) is 7.83. The molecular weight excluding hydrogens is 296 g/mol. The highest BCUT2D eigenvalue weighted by Crippen LogP contribution is 2.25. The number of aromatic nitrogens is 2. The molecule has 0 bridgehead atoms. The van der Waals surface area contributed by atoms with E-state index in [9.17, 15) is 0 Å². The Kier molecular flexibility index (Phi) is 4.36. The van der Waals surface area contributed by atoms with Gasteiger partial charge in [-0.3, -0.25) is 0 Å². The Bertz CT molecular complexity index is 496. The number of nitrogens with zero attached hydrogens (tertiary/aromatic N) is 2. The van der Waals surface area contributed by atoms with E-state index in [1.165, 1.54) is 0 Å². The molecule has 0 aliphatic heterocycles. The van der Waals surface area contributed by atoms with Gasteiger partial charge in [0.15, 0.2) is 0 Å². The maximum atomic E-state index is 5.60. The average Bonchev–Trinajstić information content (AvgIpc) is 2.87. The van der Waals surface area contributed by atoms with Crippen LogP contribution in [0.3, 0.4) is 0 Å². The maximum absolute atomic E-state index is 5.60. The lowest BCUT2D eigenvalue weighted by Gasteiger charge is -2.01. The van der Waals surface area contributed by atoms with Crippen LogP contribution in [0.1, 0.15) is 35.5 Å². The second-order valence-electron chi connectivity index (χ2n) is 3.93. The molecule has 2 rings (SSSR count). The van der Waals surface area contributed by atoms with Crippen molar-refractivity contribution in [2.45, 2.75) is 24.6 Å². The fourth-order valence-electron chi connectivity index (χ4n) is 1.56. The highest BCUT2D eigenvalue weighted by atomic mass is 79.9. The predicted octanol–water partition coefficient (Wildman–Crippen LogP) is 3.52. The van der Waals surface area contributed by atoms with Gasteiger partial charge in [0.2, 0.25) is 11.8 Å². The third-order valence-electron chi connectivity index (χ3n) is 2.62. The first-order chi connectivity index (χ1) is 8.72. The predicted molar refractivity (Wildman–Crippen MR) is 72.1 cm³/mol. The lowest BCUT2D eigenvalue weighted by atomic mass is 10.1. The third-order valence-corrected chi connectivity index (χ3v) is 3.66.